The van der Waals surface area contributed by atoms with Crippen molar-refractivity contribution in [3.8, 4) is 0 Å². The van der Waals surface area contributed by atoms with Gasteiger partial charge in [0.2, 0.25) is 5.95 Å². The van der Waals surface area contributed by atoms with Gasteiger partial charge in [-0.2, -0.15) is 18.2 Å². The van der Waals surface area contributed by atoms with E-state index >= 15 is 0 Å². The third kappa shape index (κ3) is 9.04. The number of piperidine rings is 1. The van der Waals surface area contributed by atoms with E-state index in [0.29, 0.717) is 62.9 Å². The number of nitrogens with zero attached hydrogens (tertiary/aromatic N) is 6. The number of hydrogen-bond donors (Lipinski definition) is 1. The van der Waals surface area contributed by atoms with Gasteiger partial charge in [-0.3, -0.25) is 0 Å². The normalized spacial score (nSPS) is 22.3. The summed E-state index contributed by atoms with van der Waals surface area (Å²) >= 11 is 6.09. The average molecular weight is 627 g/mol. The highest BCUT2D eigenvalue weighted by atomic mass is 35.5. The molecule has 0 spiro atoms. The molecule has 43 heavy (non-hydrogen) atoms. The summed E-state index contributed by atoms with van der Waals surface area (Å²) in [5, 5.41) is 10.2. The number of amidine groups is 1. The van der Waals surface area contributed by atoms with Crippen LogP contribution in [0.4, 0.5) is 29.3 Å². The van der Waals surface area contributed by atoms with Crippen molar-refractivity contribution in [3.05, 3.63) is 59.2 Å². The molecule has 7 nitrogen and oxygen atoms in total. The lowest BCUT2D eigenvalue weighted by Crippen LogP contribution is -2.43. The fourth-order valence-corrected chi connectivity index (χ4v) is 5.56. The highest BCUT2D eigenvalue weighted by Crippen LogP contribution is 2.34. The number of aromatic nitrogens is 2. The minimum absolute atomic E-state index is 0.0208. The zero-order valence-corrected chi connectivity index (χ0v) is 26.0. The maximum absolute atomic E-state index is 14.2. The molecular formula is C31H43ClF4N6O. The largest absolute Gasteiger partial charge is 0.419 e. The van der Waals surface area contributed by atoms with Crippen molar-refractivity contribution in [2.24, 2.45) is 4.99 Å². The molecule has 0 amide bonds. The van der Waals surface area contributed by atoms with Crippen LogP contribution in [0.2, 0.25) is 0 Å². The second kappa shape index (κ2) is 16.2. The maximum atomic E-state index is 14.2. The van der Waals surface area contributed by atoms with Crippen LogP contribution in [0, 0.1) is 0 Å². The second-order valence-electron chi connectivity index (χ2n) is 10.5. The SMILES string of the molecule is C=C(C(=N/C=C\C)N1CCCN(c2cc(C3C=CC(F)=C(Cl)CC3)nc(N3CCCCC3CO)n2)CC1)C(F)(F)F.CC. The molecule has 4 rings (SSSR count). The summed E-state index contributed by atoms with van der Waals surface area (Å²) in [6.45, 7) is 11.3. The summed E-state index contributed by atoms with van der Waals surface area (Å²) < 4.78 is 55.0. The molecule has 2 aliphatic heterocycles. The Labute approximate surface area is 257 Å². The number of hydrogen-bond acceptors (Lipinski definition) is 6. The van der Waals surface area contributed by atoms with Gasteiger partial charge in [-0.15, -0.1) is 0 Å². The molecule has 238 valence electrons. The van der Waals surface area contributed by atoms with Crippen LogP contribution in [0.3, 0.4) is 0 Å². The fraction of sp³-hybridized carbons (Fsp3) is 0.581. The van der Waals surface area contributed by atoms with E-state index < -0.39 is 17.6 Å². The van der Waals surface area contributed by atoms with E-state index in [-0.39, 0.29) is 36.0 Å². The standard InChI is InChI=1S/C29H37ClF4N6O.C2H6/c1-3-12-35-27(20(2)29(32,33)34)39-14-6-13-38(16-17-39)26-18-25(21-8-10-23(30)24(31)11-9-21)36-28(37-26)40-15-5-4-7-22(40)19-41;1-2/h3,9,11-12,18,21-22,41H,2,4-8,10,13-17,19H2,1H3;1-2H3/b12-3-,35-27?;. The van der Waals surface area contributed by atoms with E-state index in [1.54, 1.807) is 24.0 Å². The number of alkyl halides is 3. The van der Waals surface area contributed by atoms with Crippen LogP contribution in [0.25, 0.3) is 0 Å². The molecule has 3 heterocycles. The van der Waals surface area contributed by atoms with Crippen molar-refractivity contribution in [2.75, 3.05) is 49.1 Å². The molecule has 2 fully saturated rings. The summed E-state index contributed by atoms with van der Waals surface area (Å²) in [5.41, 5.74) is -0.264. The summed E-state index contributed by atoms with van der Waals surface area (Å²) in [5.74, 6) is 0.301. The predicted molar refractivity (Wildman–Crippen MR) is 166 cm³/mol. The van der Waals surface area contributed by atoms with E-state index in [4.69, 9.17) is 21.6 Å². The van der Waals surface area contributed by atoms with Gasteiger partial charge in [0.15, 0.2) is 0 Å². The van der Waals surface area contributed by atoms with Crippen LogP contribution in [0.5, 0.6) is 0 Å². The number of rotatable bonds is 6. The lowest BCUT2D eigenvalue weighted by molar-refractivity contribution is -0.0866. The molecule has 2 saturated heterocycles. The molecule has 0 aromatic carbocycles. The van der Waals surface area contributed by atoms with Crippen molar-refractivity contribution in [3.63, 3.8) is 0 Å². The Hall–Kier alpha value is -2.92. The Bertz CT molecular complexity index is 1220. The predicted octanol–water partition coefficient (Wildman–Crippen LogP) is 7.27. The van der Waals surface area contributed by atoms with Crippen LogP contribution in [-0.2, 0) is 0 Å². The molecule has 2 unspecified atom stereocenters. The Kier molecular flexibility index (Phi) is 13.1. The molecule has 3 aliphatic rings. The molecule has 1 N–H and O–H groups in total. The first-order valence-corrected chi connectivity index (χ1v) is 15.4. The van der Waals surface area contributed by atoms with Crippen LogP contribution in [0.15, 0.2) is 58.5 Å². The van der Waals surface area contributed by atoms with Gasteiger partial charge < -0.3 is 19.8 Å². The smallest absolute Gasteiger partial charge is 0.394 e. The Morgan fingerprint density at radius 2 is 1.88 bits per heavy atom. The third-order valence-corrected chi connectivity index (χ3v) is 8.05. The first kappa shape index (κ1) is 34.6. The molecule has 2 atom stereocenters. The highest BCUT2D eigenvalue weighted by molar-refractivity contribution is 6.30. The number of aliphatic imine (C=N–C) groups is 1. The van der Waals surface area contributed by atoms with Gasteiger partial charge in [0, 0.05) is 50.9 Å². The lowest BCUT2D eigenvalue weighted by Gasteiger charge is -2.35. The van der Waals surface area contributed by atoms with Crippen LogP contribution in [0.1, 0.15) is 70.9 Å². The van der Waals surface area contributed by atoms with Gasteiger partial charge >= 0.3 is 6.18 Å². The molecule has 1 aliphatic carbocycles. The second-order valence-corrected chi connectivity index (χ2v) is 10.9. The summed E-state index contributed by atoms with van der Waals surface area (Å²) in [6, 6.07) is 1.77. The molecule has 12 heteroatoms. The minimum atomic E-state index is -4.59. The Morgan fingerprint density at radius 3 is 2.58 bits per heavy atom. The number of allylic oxidation sites excluding steroid dienone is 5. The van der Waals surface area contributed by atoms with E-state index in [0.717, 1.165) is 19.3 Å². The summed E-state index contributed by atoms with van der Waals surface area (Å²) in [4.78, 5) is 19.6. The number of aliphatic hydroxyl groups excluding tert-OH is 1. The first-order valence-electron chi connectivity index (χ1n) is 15.1. The Morgan fingerprint density at radius 1 is 1.12 bits per heavy atom. The summed E-state index contributed by atoms with van der Waals surface area (Å²) in [6.07, 6.45) is 5.76. The third-order valence-electron chi connectivity index (χ3n) is 7.68. The zero-order chi connectivity index (χ0) is 31.6. The number of anilines is 2. The van der Waals surface area contributed by atoms with Crippen molar-refractivity contribution < 1.29 is 22.7 Å². The quantitative estimate of drug-likeness (QED) is 0.204. The number of aliphatic hydroxyl groups is 1. The van der Waals surface area contributed by atoms with E-state index in [9.17, 15) is 22.7 Å². The van der Waals surface area contributed by atoms with Crippen molar-refractivity contribution in [1.29, 1.82) is 0 Å². The minimum Gasteiger partial charge on any atom is -0.394 e. The van der Waals surface area contributed by atoms with E-state index in [2.05, 4.69) is 11.6 Å². The molecular weight excluding hydrogens is 584 g/mol. The van der Waals surface area contributed by atoms with Gasteiger partial charge in [-0.1, -0.05) is 44.2 Å². The van der Waals surface area contributed by atoms with Crippen LogP contribution < -0.4 is 9.80 Å². The Balaban J connectivity index is 0.00000248. The average Bonchev–Trinajstić information content (AvgIpc) is 3.36. The van der Waals surface area contributed by atoms with Gasteiger partial charge in [-0.25, -0.2) is 14.4 Å². The first-order chi connectivity index (χ1) is 20.6. The lowest BCUT2D eigenvalue weighted by atomic mass is 9.99. The molecule has 1 aromatic heterocycles. The van der Waals surface area contributed by atoms with E-state index in [1.807, 2.05) is 29.7 Å². The molecule has 0 bridgehead atoms. The van der Waals surface area contributed by atoms with Crippen molar-refractivity contribution in [2.45, 2.75) is 77.4 Å². The molecule has 1 aromatic rings. The molecule has 0 radical (unpaired) electrons. The van der Waals surface area contributed by atoms with Crippen molar-refractivity contribution >= 4 is 29.2 Å². The summed E-state index contributed by atoms with van der Waals surface area (Å²) in [7, 11) is 0. The van der Waals surface area contributed by atoms with Gasteiger partial charge in [-0.05, 0) is 51.5 Å². The zero-order valence-electron chi connectivity index (χ0n) is 25.3. The van der Waals surface area contributed by atoms with Crippen molar-refractivity contribution in [1.82, 2.24) is 14.9 Å². The number of halogens is 5. The maximum Gasteiger partial charge on any atom is 0.419 e. The van der Waals surface area contributed by atoms with Crippen LogP contribution in [-0.4, -0.2) is 77.4 Å². The topological polar surface area (TPSA) is 68.1 Å². The fourth-order valence-electron chi connectivity index (χ4n) is 5.39. The monoisotopic (exact) mass is 626 g/mol. The van der Waals surface area contributed by atoms with E-state index in [1.165, 1.54) is 12.3 Å². The molecule has 0 saturated carbocycles. The highest BCUT2D eigenvalue weighted by Gasteiger charge is 2.38. The van der Waals surface area contributed by atoms with Crippen LogP contribution >= 0.6 is 11.6 Å². The van der Waals surface area contributed by atoms with Gasteiger partial charge in [0.25, 0.3) is 0 Å². The van der Waals surface area contributed by atoms with Gasteiger partial charge in [0.1, 0.15) is 17.5 Å². The van der Waals surface area contributed by atoms with Gasteiger partial charge in [0.05, 0.1) is 28.9 Å².